The summed E-state index contributed by atoms with van der Waals surface area (Å²) in [7, 11) is 0. The first-order chi connectivity index (χ1) is 4.81. The standard InChI is InChI=1S/C4H4N2O.Cl2O.H2S/c7-4-5-2-1-3-6-4;1-3-2;/h1-3H,(H,5,6,7);;1H2. The van der Waals surface area contributed by atoms with Crippen LogP contribution in [0.1, 0.15) is 0 Å². The summed E-state index contributed by atoms with van der Waals surface area (Å²) < 4.78 is 3.19. The summed E-state index contributed by atoms with van der Waals surface area (Å²) in [6, 6.07) is 1.46. The van der Waals surface area contributed by atoms with Crippen LogP contribution in [0.2, 0.25) is 0 Å². The first kappa shape index (κ1) is 13.4. The average Bonchev–Trinajstić information content (AvgIpc) is 1.91. The minimum absolute atomic E-state index is 0. The van der Waals surface area contributed by atoms with Crippen LogP contribution in [-0.2, 0) is 3.84 Å². The van der Waals surface area contributed by atoms with Gasteiger partial charge in [-0.15, -0.1) is 0 Å². The number of hydrogen-bond acceptors (Lipinski definition) is 4. The minimum atomic E-state index is -0.178. The van der Waals surface area contributed by atoms with Crippen molar-refractivity contribution in [1.82, 2.24) is 9.97 Å². The van der Waals surface area contributed by atoms with Gasteiger partial charge in [-0.3, -0.25) is 0 Å². The molecule has 0 saturated heterocycles. The Morgan fingerprint density at radius 1 is 1.27 bits per heavy atom. The van der Waals surface area contributed by atoms with Crippen molar-refractivity contribution in [2.24, 2.45) is 0 Å². The van der Waals surface area contributed by atoms with E-state index in [0.29, 0.717) is 0 Å². The molecule has 0 unspecified atom stereocenters. The van der Waals surface area contributed by atoms with Gasteiger partial charge in [-0.05, 0) is 6.07 Å². The first-order valence-electron chi connectivity index (χ1n) is 2.16. The highest BCUT2D eigenvalue weighted by Gasteiger charge is 1.78. The highest BCUT2D eigenvalue weighted by atomic mass is 35.6. The molecule has 1 N–H and O–H groups in total. The molecular weight excluding hydrogens is 211 g/mol. The molecule has 0 saturated carbocycles. The molecule has 11 heavy (non-hydrogen) atoms. The molecule has 1 aromatic rings. The highest BCUT2D eigenvalue weighted by molar-refractivity contribution is 7.59. The lowest BCUT2D eigenvalue weighted by Gasteiger charge is -1.80. The molecule has 0 aliphatic heterocycles. The van der Waals surface area contributed by atoms with E-state index in [1.54, 1.807) is 6.07 Å². The number of aromatic nitrogens is 2. The minimum Gasteiger partial charge on any atom is -0.479 e. The summed E-state index contributed by atoms with van der Waals surface area (Å²) in [5.74, 6) is 0. The molecule has 0 fully saturated rings. The fourth-order valence-electron chi connectivity index (χ4n) is 0.291. The van der Waals surface area contributed by atoms with E-state index in [1.807, 2.05) is 0 Å². The lowest BCUT2D eigenvalue weighted by atomic mass is 10.7. The molecule has 0 aliphatic carbocycles. The van der Waals surface area contributed by atoms with Crippen molar-refractivity contribution in [2.75, 3.05) is 0 Å². The number of halogens is 2. The second kappa shape index (κ2) is 9.77. The normalized spacial score (nSPS) is 7.09. The van der Waals surface area contributed by atoms with Crippen molar-refractivity contribution in [3.05, 3.63) is 18.5 Å². The summed E-state index contributed by atoms with van der Waals surface area (Å²) in [5.41, 5.74) is 0. The van der Waals surface area contributed by atoms with Crippen LogP contribution in [-0.4, -0.2) is 15.1 Å². The predicted octanol–water partition coefficient (Wildman–Crippen LogP) is 1.61. The van der Waals surface area contributed by atoms with Crippen molar-refractivity contribution in [2.45, 2.75) is 0 Å². The smallest absolute Gasteiger partial charge is 0.313 e. The van der Waals surface area contributed by atoms with Crippen LogP contribution >= 0.6 is 37.2 Å². The van der Waals surface area contributed by atoms with Crippen molar-refractivity contribution >= 4 is 37.2 Å². The van der Waals surface area contributed by atoms with Crippen LogP contribution in [0.15, 0.2) is 18.5 Å². The number of nitrogens with zero attached hydrogens (tertiary/aromatic N) is 2. The van der Waals surface area contributed by atoms with Gasteiger partial charge in [0.15, 0.2) is 0 Å². The zero-order valence-corrected chi connectivity index (χ0v) is 7.75. The summed E-state index contributed by atoms with van der Waals surface area (Å²) >= 11 is 8.53. The summed E-state index contributed by atoms with van der Waals surface area (Å²) in [5, 5.41) is 8.41. The molecule has 64 valence electrons. The molecule has 0 amide bonds. The van der Waals surface area contributed by atoms with Crippen LogP contribution in [0.4, 0.5) is 0 Å². The van der Waals surface area contributed by atoms with Gasteiger partial charge in [0.2, 0.25) is 0 Å². The molecule has 0 aromatic carbocycles. The third-order valence-electron chi connectivity index (χ3n) is 0.552. The van der Waals surface area contributed by atoms with Gasteiger partial charge in [0.25, 0.3) is 0 Å². The Kier molecular flexibility index (Phi) is 11.9. The average molecular weight is 217 g/mol. The summed E-state index contributed by atoms with van der Waals surface area (Å²) in [6.45, 7) is 0. The Bertz CT molecular complexity index is 165. The molecule has 4 nitrogen and oxygen atoms in total. The SMILES string of the molecule is ClOCl.Oc1ncccn1.S. The number of aromatic hydroxyl groups is 1. The van der Waals surface area contributed by atoms with Crippen molar-refractivity contribution in [3.8, 4) is 6.01 Å². The second-order valence-electron chi connectivity index (χ2n) is 1.11. The van der Waals surface area contributed by atoms with Gasteiger partial charge in [0.1, 0.15) is 0 Å². The van der Waals surface area contributed by atoms with Crippen molar-refractivity contribution in [3.63, 3.8) is 0 Å². The molecule has 0 bridgehead atoms. The van der Waals surface area contributed by atoms with Crippen LogP contribution < -0.4 is 0 Å². The van der Waals surface area contributed by atoms with E-state index in [9.17, 15) is 0 Å². The van der Waals surface area contributed by atoms with E-state index in [1.165, 1.54) is 12.4 Å². The van der Waals surface area contributed by atoms with Crippen LogP contribution in [0, 0.1) is 0 Å². The molecule has 1 aromatic heterocycles. The van der Waals surface area contributed by atoms with Crippen LogP contribution in [0.25, 0.3) is 0 Å². The molecule has 1 rings (SSSR count). The third-order valence-corrected chi connectivity index (χ3v) is 0.552. The van der Waals surface area contributed by atoms with Gasteiger partial charge in [-0.2, -0.15) is 17.3 Å². The van der Waals surface area contributed by atoms with E-state index >= 15 is 0 Å². The largest absolute Gasteiger partial charge is 0.479 e. The quantitative estimate of drug-likeness (QED) is 0.717. The van der Waals surface area contributed by atoms with Gasteiger partial charge < -0.3 is 5.11 Å². The van der Waals surface area contributed by atoms with Crippen LogP contribution in [0.5, 0.6) is 6.01 Å². The van der Waals surface area contributed by atoms with Gasteiger partial charge in [-0.1, -0.05) is 0 Å². The summed E-state index contributed by atoms with van der Waals surface area (Å²) in [6.07, 6.45) is 2.95. The van der Waals surface area contributed by atoms with Crippen molar-refractivity contribution < 1.29 is 8.95 Å². The fourth-order valence-corrected chi connectivity index (χ4v) is 0.291. The molecule has 0 spiro atoms. The van der Waals surface area contributed by atoms with Gasteiger partial charge in [-0.25, -0.2) is 9.97 Å². The molecule has 0 atom stereocenters. The van der Waals surface area contributed by atoms with Gasteiger partial charge in [0, 0.05) is 12.4 Å². The maximum absolute atomic E-state index is 8.41. The maximum Gasteiger partial charge on any atom is 0.313 e. The molecular formula is C4H6Cl2N2O2S. The monoisotopic (exact) mass is 216 g/mol. The molecule has 0 radical (unpaired) electrons. The van der Waals surface area contributed by atoms with E-state index in [-0.39, 0.29) is 19.5 Å². The van der Waals surface area contributed by atoms with E-state index in [2.05, 4.69) is 37.5 Å². The Morgan fingerprint density at radius 2 is 1.64 bits per heavy atom. The number of rotatable bonds is 0. The van der Waals surface area contributed by atoms with Crippen LogP contribution in [0.3, 0.4) is 0 Å². The van der Waals surface area contributed by atoms with E-state index in [0.717, 1.165) is 0 Å². The van der Waals surface area contributed by atoms with E-state index < -0.39 is 0 Å². The Morgan fingerprint density at radius 3 is 1.82 bits per heavy atom. The molecule has 7 heteroatoms. The molecule has 0 aliphatic rings. The third kappa shape index (κ3) is 9.77. The van der Waals surface area contributed by atoms with Gasteiger partial charge in [0.05, 0.1) is 23.7 Å². The maximum atomic E-state index is 8.41. The van der Waals surface area contributed by atoms with Crippen molar-refractivity contribution in [1.29, 1.82) is 0 Å². The predicted molar refractivity (Wildman–Crippen MR) is 46.9 cm³/mol. The zero-order valence-electron chi connectivity index (χ0n) is 5.24. The fraction of sp³-hybridized carbons (Fsp3) is 0. The topological polar surface area (TPSA) is 55.2 Å². The lowest BCUT2D eigenvalue weighted by molar-refractivity contribution is 0.430. The summed E-state index contributed by atoms with van der Waals surface area (Å²) in [4.78, 5) is 6.85. The lowest BCUT2D eigenvalue weighted by Crippen LogP contribution is -1.73. The van der Waals surface area contributed by atoms with Gasteiger partial charge >= 0.3 is 6.01 Å². The zero-order chi connectivity index (χ0) is 7.82. The Labute approximate surface area is 80.9 Å². The first-order valence-corrected chi connectivity index (χ1v) is 2.78. The number of hydrogen-bond donors (Lipinski definition) is 1. The second-order valence-corrected chi connectivity index (χ2v) is 1.57. The van der Waals surface area contributed by atoms with E-state index in [4.69, 9.17) is 5.11 Å². The Balaban J connectivity index is 0. The highest BCUT2D eigenvalue weighted by Crippen LogP contribution is 1.89. The Hall–Kier alpha value is -0.230. The molecule has 1 heterocycles.